The highest BCUT2D eigenvalue weighted by Gasteiger charge is 2.17. The summed E-state index contributed by atoms with van der Waals surface area (Å²) in [7, 11) is 0. The summed E-state index contributed by atoms with van der Waals surface area (Å²) >= 11 is 0. The minimum atomic E-state index is 0.964. The van der Waals surface area contributed by atoms with Crippen LogP contribution in [0.1, 0.15) is 0 Å². The molecule has 0 radical (unpaired) electrons. The lowest BCUT2D eigenvalue weighted by molar-refractivity contribution is 1.31. The maximum atomic E-state index is 4.83. The molecule has 7 aromatic rings. The molecule has 0 fully saturated rings. The Morgan fingerprint density at radius 3 is 1.57 bits per heavy atom. The second-order valence-electron chi connectivity index (χ2n) is 7.84. The molecule has 0 saturated carbocycles. The van der Waals surface area contributed by atoms with E-state index in [0.717, 1.165) is 16.4 Å². The Labute approximate surface area is 172 Å². The topological polar surface area (TPSA) is 25.8 Å². The van der Waals surface area contributed by atoms with Crippen molar-refractivity contribution in [2.75, 3.05) is 0 Å². The molecule has 2 nitrogen and oxygen atoms in total. The minimum Gasteiger partial charge on any atom is -0.252 e. The van der Waals surface area contributed by atoms with Gasteiger partial charge in [-0.15, -0.1) is 0 Å². The lowest BCUT2D eigenvalue weighted by Crippen LogP contribution is -1.91. The molecule has 6 aromatic carbocycles. The number of nitrogens with zero attached hydrogens (tertiary/aromatic N) is 2. The van der Waals surface area contributed by atoms with Crippen molar-refractivity contribution in [3.63, 3.8) is 0 Å². The van der Waals surface area contributed by atoms with Crippen LogP contribution in [0.15, 0.2) is 97.3 Å². The first-order valence-corrected chi connectivity index (χ1v) is 10.2. The molecule has 1 heterocycles. The van der Waals surface area contributed by atoms with Crippen LogP contribution in [0, 0.1) is 0 Å². The Morgan fingerprint density at radius 1 is 0.400 bits per heavy atom. The molecule has 0 spiro atoms. The van der Waals surface area contributed by atoms with Crippen molar-refractivity contribution in [1.29, 1.82) is 0 Å². The summed E-state index contributed by atoms with van der Waals surface area (Å²) in [4.78, 5) is 9.62. The molecule has 0 amide bonds. The molecule has 138 valence electrons. The summed E-state index contributed by atoms with van der Waals surface area (Å²) in [5.41, 5.74) is 1.93. The van der Waals surface area contributed by atoms with E-state index in [9.17, 15) is 0 Å². The second kappa shape index (κ2) is 5.74. The third-order valence-corrected chi connectivity index (χ3v) is 6.28. The average molecular weight is 380 g/mol. The Hall–Kier alpha value is -4.04. The predicted molar refractivity (Wildman–Crippen MR) is 127 cm³/mol. The molecular formula is C28H16N2. The number of benzene rings is 6. The number of hydrogen-bond acceptors (Lipinski definition) is 2. The Morgan fingerprint density at radius 2 is 0.900 bits per heavy atom. The fraction of sp³-hybridized carbons (Fsp3) is 0. The molecule has 0 bridgehead atoms. The van der Waals surface area contributed by atoms with Gasteiger partial charge in [-0.1, -0.05) is 72.8 Å². The minimum absolute atomic E-state index is 0.964. The first kappa shape index (κ1) is 15.8. The first-order chi connectivity index (χ1) is 14.9. The highest BCUT2D eigenvalue weighted by molar-refractivity contribution is 6.39. The fourth-order valence-corrected chi connectivity index (χ4v) is 5.03. The van der Waals surface area contributed by atoms with E-state index < -0.39 is 0 Å². The number of rotatable bonds is 0. The third-order valence-electron chi connectivity index (χ3n) is 6.28. The first-order valence-electron chi connectivity index (χ1n) is 10.2. The molecule has 0 aliphatic heterocycles. The van der Waals surface area contributed by atoms with E-state index in [2.05, 4.69) is 84.9 Å². The SMILES string of the molecule is c1ccc2cc3c(cc2c1)c1nccnc1c1c2ccccc2c2ccccc2c31. The Balaban J connectivity index is 1.94. The summed E-state index contributed by atoms with van der Waals surface area (Å²) in [6.45, 7) is 0. The zero-order chi connectivity index (χ0) is 19.7. The van der Waals surface area contributed by atoms with E-state index >= 15 is 0 Å². The lowest BCUT2D eigenvalue weighted by Gasteiger charge is -2.15. The summed E-state index contributed by atoms with van der Waals surface area (Å²) in [5.74, 6) is 0. The predicted octanol–water partition coefficient (Wildman–Crippen LogP) is 7.40. The highest BCUT2D eigenvalue weighted by atomic mass is 14.8. The van der Waals surface area contributed by atoms with Crippen molar-refractivity contribution in [2.24, 2.45) is 0 Å². The summed E-state index contributed by atoms with van der Waals surface area (Å²) in [6.07, 6.45) is 3.60. The van der Waals surface area contributed by atoms with Gasteiger partial charge in [-0.2, -0.15) is 0 Å². The maximum absolute atomic E-state index is 4.83. The van der Waals surface area contributed by atoms with Crippen LogP contribution in [0.2, 0.25) is 0 Å². The molecule has 0 unspecified atom stereocenters. The standard InChI is InChI=1S/C28H16N2/c1-2-8-18-16-24-23(15-17(18)7-1)25-21-11-5-3-9-19(21)20-10-4-6-12-22(20)26(25)28-27(24)29-13-14-30-28/h1-16H. The van der Waals surface area contributed by atoms with Crippen molar-refractivity contribution in [2.45, 2.75) is 0 Å². The molecule has 30 heavy (non-hydrogen) atoms. The normalized spacial score (nSPS) is 12.0. The van der Waals surface area contributed by atoms with Gasteiger partial charge in [0.15, 0.2) is 0 Å². The zero-order valence-corrected chi connectivity index (χ0v) is 16.1. The van der Waals surface area contributed by atoms with Gasteiger partial charge in [0, 0.05) is 28.6 Å². The van der Waals surface area contributed by atoms with Gasteiger partial charge in [0.05, 0.1) is 11.0 Å². The maximum Gasteiger partial charge on any atom is 0.0978 e. The van der Waals surface area contributed by atoms with Gasteiger partial charge in [-0.3, -0.25) is 9.97 Å². The zero-order valence-electron chi connectivity index (χ0n) is 16.1. The van der Waals surface area contributed by atoms with Gasteiger partial charge >= 0.3 is 0 Å². The van der Waals surface area contributed by atoms with E-state index in [0.29, 0.717) is 0 Å². The van der Waals surface area contributed by atoms with Gasteiger partial charge < -0.3 is 0 Å². The quantitative estimate of drug-likeness (QED) is 0.202. The highest BCUT2D eigenvalue weighted by Crippen LogP contribution is 2.43. The van der Waals surface area contributed by atoms with E-state index in [-0.39, 0.29) is 0 Å². The van der Waals surface area contributed by atoms with Crippen molar-refractivity contribution in [3.8, 4) is 0 Å². The molecule has 0 atom stereocenters. The smallest absolute Gasteiger partial charge is 0.0978 e. The monoisotopic (exact) mass is 380 g/mol. The Bertz CT molecular complexity index is 1790. The van der Waals surface area contributed by atoms with Gasteiger partial charge in [0.1, 0.15) is 0 Å². The summed E-state index contributed by atoms with van der Waals surface area (Å²) in [6, 6.07) is 30.5. The molecule has 7 rings (SSSR count). The molecule has 0 aliphatic rings. The van der Waals surface area contributed by atoms with Crippen LogP contribution in [-0.2, 0) is 0 Å². The van der Waals surface area contributed by atoms with Crippen LogP contribution < -0.4 is 0 Å². The number of hydrogen-bond donors (Lipinski definition) is 0. The van der Waals surface area contributed by atoms with Crippen molar-refractivity contribution in [3.05, 3.63) is 97.3 Å². The average Bonchev–Trinajstić information content (AvgIpc) is 2.82. The lowest BCUT2D eigenvalue weighted by atomic mass is 9.89. The van der Waals surface area contributed by atoms with Gasteiger partial charge in [0.25, 0.3) is 0 Å². The largest absolute Gasteiger partial charge is 0.252 e. The van der Waals surface area contributed by atoms with Crippen LogP contribution >= 0.6 is 0 Å². The van der Waals surface area contributed by atoms with E-state index in [1.54, 1.807) is 12.4 Å². The summed E-state index contributed by atoms with van der Waals surface area (Å²) in [5, 5.41) is 12.3. The van der Waals surface area contributed by atoms with Crippen LogP contribution in [0.4, 0.5) is 0 Å². The third kappa shape index (κ3) is 1.98. The van der Waals surface area contributed by atoms with Crippen LogP contribution in [0.3, 0.4) is 0 Å². The second-order valence-corrected chi connectivity index (χ2v) is 7.84. The molecule has 1 aromatic heterocycles. The number of aromatic nitrogens is 2. The molecular weight excluding hydrogens is 364 g/mol. The molecule has 0 aliphatic carbocycles. The van der Waals surface area contributed by atoms with E-state index in [1.807, 2.05) is 0 Å². The van der Waals surface area contributed by atoms with Crippen molar-refractivity contribution < 1.29 is 0 Å². The number of fused-ring (bicyclic) bond motifs is 12. The van der Waals surface area contributed by atoms with E-state index in [4.69, 9.17) is 9.97 Å². The Kier molecular flexibility index (Phi) is 3.03. The summed E-state index contributed by atoms with van der Waals surface area (Å²) < 4.78 is 0. The van der Waals surface area contributed by atoms with E-state index in [1.165, 1.54) is 48.5 Å². The fourth-order valence-electron chi connectivity index (χ4n) is 5.03. The molecule has 0 saturated heterocycles. The van der Waals surface area contributed by atoms with Crippen LogP contribution in [0.5, 0.6) is 0 Å². The van der Waals surface area contributed by atoms with Gasteiger partial charge in [0.2, 0.25) is 0 Å². The van der Waals surface area contributed by atoms with Crippen LogP contribution in [0.25, 0.3) is 64.9 Å². The molecule has 0 N–H and O–H groups in total. The van der Waals surface area contributed by atoms with Gasteiger partial charge in [-0.05, 0) is 49.8 Å². The van der Waals surface area contributed by atoms with Gasteiger partial charge in [-0.25, -0.2) is 0 Å². The molecule has 2 heteroatoms. The van der Waals surface area contributed by atoms with Crippen molar-refractivity contribution in [1.82, 2.24) is 9.97 Å². The van der Waals surface area contributed by atoms with Crippen LogP contribution in [-0.4, -0.2) is 9.97 Å². The van der Waals surface area contributed by atoms with Crippen molar-refractivity contribution >= 4 is 64.9 Å².